The maximum absolute atomic E-state index is 11.9. The van der Waals surface area contributed by atoms with Gasteiger partial charge in [-0.05, 0) is 31.1 Å². The van der Waals surface area contributed by atoms with Gasteiger partial charge in [-0.3, -0.25) is 0 Å². The highest BCUT2D eigenvalue weighted by molar-refractivity contribution is 5.90. The van der Waals surface area contributed by atoms with Crippen molar-refractivity contribution in [2.45, 2.75) is 18.9 Å². The zero-order chi connectivity index (χ0) is 11.7. The molecular formula is C13H12N2O2. The number of esters is 1. The number of rotatable bonds is 2. The molecule has 1 atom stereocenters. The van der Waals surface area contributed by atoms with Crippen molar-refractivity contribution in [3.8, 4) is 0 Å². The molecule has 2 aromatic rings. The number of carbonyl (C=O) groups is 1. The van der Waals surface area contributed by atoms with E-state index in [2.05, 4.69) is 4.98 Å². The standard InChI is InChI=1S/C13H12N2O2/c16-13(17-12-3-1-2-4-12)10-5-6-15-9-14-8-11(15)7-10/h1,3,5-9,12H,2,4H2/t12-/m1/s1. The fraction of sp³-hybridized carbons (Fsp3) is 0.231. The van der Waals surface area contributed by atoms with Gasteiger partial charge in [-0.2, -0.15) is 0 Å². The third-order valence-electron chi connectivity index (χ3n) is 2.88. The van der Waals surface area contributed by atoms with Gasteiger partial charge in [0, 0.05) is 6.20 Å². The molecular weight excluding hydrogens is 216 g/mol. The van der Waals surface area contributed by atoms with Crippen molar-refractivity contribution < 1.29 is 9.53 Å². The summed E-state index contributed by atoms with van der Waals surface area (Å²) < 4.78 is 7.22. The van der Waals surface area contributed by atoms with E-state index < -0.39 is 0 Å². The normalized spacial score (nSPS) is 18.7. The number of hydrogen-bond acceptors (Lipinski definition) is 3. The van der Waals surface area contributed by atoms with Crippen LogP contribution in [0.1, 0.15) is 23.2 Å². The first-order valence-electron chi connectivity index (χ1n) is 5.62. The van der Waals surface area contributed by atoms with Crippen LogP contribution in [0.4, 0.5) is 0 Å². The van der Waals surface area contributed by atoms with Crippen molar-refractivity contribution in [3.63, 3.8) is 0 Å². The molecule has 0 aliphatic heterocycles. The van der Waals surface area contributed by atoms with E-state index in [1.807, 2.05) is 22.7 Å². The zero-order valence-electron chi connectivity index (χ0n) is 9.24. The molecule has 0 unspecified atom stereocenters. The summed E-state index contributed by atoms with van der Waals surface area (Å²) in [5.41, 5.74) is 1.46. The van der Waals surface area contributed by atoms with Gasteiger partial charge in [-0.15, -0.1) is 0 Å². The van der Waals surface area contributed by atoms with E-state index in [4.69, 9.17) is 4.74 Å². The lowest BCUT2D eigenvalue weighted by molar-refractivity contribution is 0.0395. The van der Waals surface area contributed by atoms with E-state index in [1.54, 1.807) is 24.7 Å². The van der Waals surface area contributed by atoms with Crippen LogP contribution in [-0.4, -0.2) is 21.5 Å². The number of fused-ring (bicyclic) bond motifs is 1. The average molecular weight is 228 g/mol. The Hall–Kier alpha value is -2.10. The van der Waals surface area contributed by atoms with Crippen molar-refractivity contribution in [1.29, 1.82) is 0 Å². The van der Waals surface area contributed by atoms with Gasteiger partial charge in [0.05, 0.1) is 23.6 Å². The smallest absolute Gasteiger partial charge is 0.338 e. The highest BCUT2D eigenvalue weighted by atomic mass is 16.5. The minimum absolute atomic E-state index is 0.0661. The lowest BCUT2D eigenvalue weighted by Crippen LogP contribution is -2.14. The molecule has 0 saturated heterocycles. The molecule has 0 N–H and O–H groups in total. The molecule has 1 aliphatic rings. The summed E-state index contributed by atoms with van der Waals surface area (Å²) in [7, 11) is 0. The number of pyridine rings is 1. The Labute approximate surface area is 98.5 Å². The van der Waals surface area contributed by atoms with Crippen LogP contribution in [-0.2, 0) is 4.74 Å². The molecule has 4 nitrogen and oxygen atoms in total. The topological polar surface area (TPSA) is 43.6 Å². The molecule has 3 rings (SSSR count). The van der Waals surface area contributed by atoms with Crippen LogP contribution < -0.4 is 0 Å². The summed E-state index contributed by atoms with van der Waals surface area (Å²) in [5, 5.41) is 0. The lowest BCUT2D eigenvalue weighted by atomic mass is 10.2. The molecule has 0 aromatic carbocycles. The van der Waals surface area contributed by atoms with E-state index in [1.165, 1.54) is 0 Å². The van der Waals surface area contributed by atoms with Crippen molar-refractivity contribution in [3.05, 3.63) is 48.6 Å². The van der Waals surface area contributed by atoms with E-state index in [9.17, 15) is 4.79 Å². The average Bonchev–Trinajstić information content (AvgIpc) is 2.97. The van der Waals surface area contributed by atoms with E-state index in [-0.39, 0.29) is 12.1 Å². The molecule has 86 valence electrons. The van der Waals surface area contributed by atoms with Gasteiger partial charge in [-0.1, -0.05) is 6.08 Å². The summed E-state index contributed by atoms with van der Waals surface area (Å²) in [6, 6.07) is 3.53. The molecule has 0 radical (unpaired) electrons. The monoisotopic (exact) mass is 228 g/mol. The van der Waals surface area contributed by atoms with Gasteiger partial charge < -0.3 is 9.14 Å². The second kappa shape index (κ2) is 4.05. The summed E-state index contributed by atoms with van der Waals surface area (Å²) in [6.07, 6.45) is 11.0. The van der Waals surface area contributed by atoms with Gasteiger partial charge in [0.15, 0.2) is 0 Å². The number of imidazole rings is 1. The lowest BCUT2D eigenvalue weighted by Gasteiger charge is -2.10. The van der Waals surface area contributed by atoms with Gasteiger partial charge in [-0.25, -0.2) is 9.78 Å². The van der Waals surface area contributed by atoms with Crippen LogP contribution in [0.2, 0.25) is 0 Å². The Bertz CT molecular complexity index is 586. The highest BCUT2D eigenvalue weighted by Gasteiger charge is 2.16. The third kappa shape index (κ3) is 1.93. The number of allylic oxidation sites excluding steroid dienone is 1. The molecule has 1 aliphatic carbocycles. The number of carbonyl (C=O) groups excluding carboxylic acids is 1. The van der Waals surface area contributed by atoms with Gasteiger partial charge >= 0.3 is 5.97 Å². The quantitative estimate of drug-likeness (QED) is 0.584. The summed E-state index contributed by atoms with van der Waals surface area (Å²) in [5.74, 6) is -0.273. The minimum Gasteiger partial charge on any atom is -0.455 e. The maximum Gasteiger partial charge on any atom is 0.338 e. The molecule has 4 heteroatoms. The molecule has 0 bridgehead atoms. The van der Waals surface area contributed by atoms with Crippen LogP contribution in [0, 0.1) is 0 Å². The van der Waals surface area contributed by atoms with Crippen molar-refractivity contribution in [2.24, 2.45) is 0 Å². The highest BCUT2D eigenvalue weighted by Crippen LogP contribution is 2.16. The first-order valence-corrected chi connectivity index (χ1v) is 5.62. The Balaban J connectivity index is 1.82. The summed E-state index contributed by atoms with van der Waals surface area (Å²) >= 11 is 0. The molecule has 0 saturated carbocycles. The predicted octanol–water partition coefficient (Wildman–Crippen LogP) is 2.21. The SMILES string of the molecule is O=C(O[C@@H]1C=CCC1)c1ccn2cncc2c1. The van der Waals surface area contributed by atoms with Crippen LogP contribution in [0.5, 0.6) is 0 Å². The van der Waals surface area contributed by atoms with Gasteiger partial charge in [0.2, 0.25) is 0 Å². The van der Waals surface area contributed by atoms with Crippen molar-refractivity contribution >= 4 is 11.5 Å². The van der Waals surface area contributed by atoms with Crippen LogP contribution in [0.3, 0.4) is 0 Å². The Morgan fingerprint density at radius 3 is 3.29 bits per heavy atom. The molecule has 17 heavy (non-hydrogen) atoms. The summed E-state index contributed by atoms with van der Waals surface area (Å²) in [4.78, 5) is 15.9. The van der Waals surface area contributed by atoms with Crippen LogP contribution in [0.15, 0.2) is 43.0 Å². The van der Waals surface area contributed by atoms with E-state index in [0.717, 1.165) is 18.4 Å². The summed E-state index contributed by atoms with van der Waals surface area (Å²) in [6.45, 7) is 0. The molecule has 0 amide bonds. The number of aromatic nitrogens is 2. The van der Waals surface area contributed by atoms with E-state index in [0.29, 0.717) is 5.56 Å². The largest absolute Gasteiger partial charge is 0.455 e. The first-order chi connectivity index (χ1) is 8.33. The predicted molar refractivity (Wildman–Crippen MR) is 62.8 cm³/mol. The Morgan fingerprint density at radius 2 is 2.47 bits per heavy atom. The first kappa shape index (κ1) is 10.1. The van der Waals surface area contributed by atoms with Gasteiger partial charge in [0.1, 0.15) is 6.10 Å². The number of nitrogens with zero attached hydrogens (tertiary/aromatic N) is 2. The third-order valence-corrected chi connectivity index (χ3v) is 2.88. The van der Waals surface area contributed by atoms with E-state index >= 15 is 0 Å². The Morgan fingerprint density at radius 1 is 1.53 bits per heavy atom. The van der Waals surface area contributed by atoms with Crippen LogP contribution in [0.25, 0.3) is 5.52 Å². The van der Waals surface area contributed by atoms with Gasteiger partial charge in [0.25, 0.3) is 0 Å². The fourth-order valence-electron chi connectivity index (χ4n) is 1.95. The molecule has 2 aromatic heterocycles. The van der Waals surface area contributed by atoms with Crippen molar-refractivity contribution in [2.75, 3.05) is 0 Å². The number of ether oxygens (including phenoxy) is 1. The second-order valence-electron chi connectivity index (χ2n) is 4.09. The molecule has 0 fully saturated rings. The van der Waals surface area contributed by atoms with Crippen LogP contribution >= 0.6 is 0 Å². The minimum atomic E-state index is -0.273. The Kier molecular flexibility index (Phi) is 2.40. The maximum atomic E-state index is 11.9. The van der Waals surface area contributed by atoms with Crippen molar-refractivity contribution in [1.82, 2.24) is 9.38 Å². The molecule has 0 spiro atoms. The molecule has 2 heterocycles. The zero-order valence-corrected chi connectivity index (χ0v) is 9.24. The second-order valence-corrected chi connectivity index (χ2v) is 4.09. The fourth-order valence-corrected chi connectivity index (χ4v) is 1.95. The number of hydrogen-bond donors (Lipinski definition) is 0.